The molecule has 1 amide bonds. The molecular weight excluding hydrogens is 382 g/mol. The number of rotatable bonds is 9. The lowest BCUT2D eigenvalue weighted by Gasteiger charge is -2.16. The fourth-order valence-electron chi connectivity index (χ4n) is 2.43. The van der Waals surface area contributed by atoms with E-state index in [-0.39, 0.29) is 12.4 Å². The van der Waals surface area contributed by atoms with Crippen LogP contribution in [-0.2, 0) is 25.5 Å². The molecule has 0 saturated heterocycles. The van der Waals surface area contributed by atoms with E-state index in [1.165, 1.54) is 6.92 Å². The van der Waals surface area contributed by atoms with Crippen molar-refractivity contribution in [2.75, 3.05) is 13.2 Å². The van der Waals surface area contributed by atoms with E-state index >= 15 is 0 Å². The normalized spacial score (nSPS) is 11.4. The number of esters is 1. The van der Waals surface area contributed by atoms with Crippen LogP contribution >= 0.6 is 11.6 Å². The first-order valence-electron chi connectivity index (χ1n) is 8.73. The molecule has 0 aliphatic rings. The van der Waals surface area contributed by atoms with E-state index in [1.807, 2.05) is 43.3 Å². The number of Topliss-reactive ketones (excluding diaryl/α,β-unsaturated/α-hetero) is 1. The molecule has 0 spiro atoms. The Bertz CT molecular complexity index is 838. The average molecular weight is 404 g/mol. The van der Waals surface area contributed by atoms with E-state index in [1.54, 1.807) is 12.1 Å². The fourth-order valence-corrected chi connectivity index (χ4v) is 2.60. The molecular formula is C21H22ClNO5. The van der Waals surface area contributed by atoms with Crippen LogP contribution in [0.25, 0.3) is 0 Å². The minimum atomic E-state index is -0.713. The lowest BCUT2D eigenvalue weighted by Crippen LogP contribution is -2.43. The molecule has 0 radical (unpaired) electrons. The Morgan fingerprint density at radius 3 is 2.46 bits per heavy atom. The van der Waals surface area contributed by atoms with E-state index < -0.39 is 24.5 Å². The maximum Gasteiger partial charge on any atom is 0.344 e. The van der Waals surface area contributed by atoms with Gasteiger partial charge in [-0.15, -0.1) is 0 Å². The summed E-state index contributed by atoms with van der Waals surface area (Å²) in [4.78, 5) is 35.6. The molecule has 7 heteroatoms. The summed E-state index contributed by atoms with van der Waals surface area (Å²) in [5.41, 5.74) is 1.85. The Hall–Kier alpha value is -2.86. The second-order valence-electron chi connectivity index (χ2n) is 6.30. The van der Waals surface area contributed by atoms with Crippen LogP contribution in [0, 0.1) is 6.92 Å². The number of aryl methyl sites for hydroxylation is 1. The Kier molecular flexibility index (Phi) is 8.02. The van der Waals surface area contributed by atoms with Crippen molar-refractivity contribution in [3.05, 3.63) is 64.7 Å². The predicted molar refractivity (Wildman–Crippen MR) is 105 cm³/mol. The maximum atomic E-state index is 12.0. The highest BCUT2D eigenvalue weighted by atomic mass is 35.5. The molecule has 0 bridgehead atoms. The first-order valence-corrected chi connectivity index (χ1v) is 9.11. The molecule has 28 heavy (non-hydrogen) atoms. The molecule has 1 atom stereocenters. The van der Waals surface area contributed by atoms with Crippen molar-refractivity contribution < 1.29 is 23.9 Å². The minimum absolute atomic E-state index is 0.180. The van der Waals surface area contributed by atoms with Gasteiger partial charge in [-0.05, 0) is 43.5 Å². The van der Waals surface area contributed by atoms with Crippen LogP contribution in [0.2, 0.25) is 5.02 Å². The van der Waals surface area contributed by atoms with Gasteiger partial charge in [0.1, 0.15) is 5.75 Å². The molecule has 0 unspecified atom stereocenters. The van der Waals surface area contributed by atoms with Crippen molar-refractivity contribution >= 4 is 29.3 Å². The van der Waals surface area contributed by atoms with Gasteiger partial charge in [0.2, 0.25) is 0 Å². The number of carbonyl (C=O) groups is 3. The second kappa shape index (κ2) is 10.5. The minimum Gasteiger partial charge on any atom is -0.480 e. The third-order valence-electron chi connectivity index (χ3n) is 3.91. The van der Waals surface area contributed by atoms with Crippen LogP contribution in [-0.4, -0.2) is 36.9 Å². The zero-order chi connectivity index (χ0) is 20.5. The molecule has 0 aromatic heterocycles. The second-order valence-corrected chi connectivity index (χ2v) is 6.71. The van der Waals surface area contributed by atoms with E-state index in [4.69, 9.17) is 21.1 Å². The summed E-state index contributed by atoms with van der Waals surface area (Å²) in [6.07, 6.45) is 0.366. The SMILES string of the molecule is CC(=O)[C@H](Cc1ccccc1)NC(=O)COC(=O)COc1cc(C)ccc1Cl. The van der Waals surface area contributed by atoms with Gasteiger partial charge in [0, 0.05) is 0 Å². The summed E-state index contributed by atoms with van der Waals surface area (Å²) in [7, 11) is 0. The number of benzene rings is 2. The van der Waals surface area contributed by atoms with Crippen LogP contribution in [0.3, 0.4) is 0 Å². The molecule has 0 saturated carbocycles. The highest BCUT2D eigenvalue weighted by Gasteiger charge is 2.18. The first kappa shape index (κ1) is 21.4. The third-order valence-corrected chi connectivity index (χ3v) is 4.22. The van der Waals surface area contributed by atoms with E-state index in [2.05, 4.69) is 5.32 Å². The van der Waals surface area contributed by atoms with Crippen molar-refractivity contribution in [2.45, 2.75) is 26.3 Å². The standard InChI is InChI=1S/C21H22ClNO5/c1-14-8-9-17(22)19(10-14)27-13-21(26)28-12-20(25)23-18(15(2)24)11-16-6-4-3-5-7-16/h3-10,18H,11-13H2,1-2H3,(H,23,25)/t18-/m0/s1. The molecule has 0 fully saturated rings. The lowest BCUT2D eigenvalue weighted by atomic mass is 10.0. The molecule has 1 N–H and O–H groups in total. The number of hydrogen-bond acceptors (Lipinski definition) is 5. The third kappa shape index (κ3) is 7.04. The maximum absolute atomic E-state index is 12.0. The Morgan fingerprint density at radius 1 is 1.07 bits per heavy atom. The van der Waals surface area contributed by atoms with Gasteiger partial charge in [-0.2, -0.15) is 0 Å². The van der Waals surface area contributed by atoms with Crippen molar-refractivity contribution in [3.8, 4) is 5.75 Å². The Balaban J connectivity index is 1.79. The monoisotopic (exact) mass is 403 g/mol. The topological polar surface area (TPSA) is 81.7 Å². The number of hydrogen-bond donors (Lipinski definition) is 1. The van der Waals surface area contributed by atoms with E-state index in [9.17, 15) is 14.4 Å². The first-order chi connectivity index (χ1) is 13.3. The summed E-state index contributed by atoms with van der Waals surface area (Å²) in [5, 5.41) is 2.96. The van der Waals surface area contributed by atoms with Crippen LogP contribution in [0.5, 0.6) is 5.75 Å². The number of halogens is 1. The number of ether oxygens (including phenoxy) is 2. The molecule has 0 aliphatic heterocycles. The number of ketones is 1. The van der Waals surface area contributed by atoms with Gasteiger partial charge in [-0.3, -0.25) is 9.59 Å². The molecule has 2 aromatic carbocycles. The summed E-state index contributed by atoms with van der Waals surface area (Å²) in [5.74, 6) is -1.09. The highest BCUT2D eigenvalue weighted by Crippen LogP contribution is 2.25. The lowest BCUT2D eigenvalue weighted by molar-refractivity contribution is -0.150. The van der Waals surface area contributed by atoms with Crippen molar-refractivity contribution in [1.29, 1.82) is 0 Å². The van der Waals surface area contributed by atoms with Gasteiger partial charge in [0.15, 0.2) is 19.0 Å². The predicted octanol–water partition coefficient (Wildman–Crippen LogP) is 2.89. The Morgan fingerprint density at radius 2 is 1.79 bits per heavy atom. The van der Waals surface area contributed by atoms with Crippen molar-refractivity contribution in [1.82, 2.24) is 5.32 Å². The van der Waals surface area contributed by atoms with Crippen molar-refractivity contribution in [2.24, 2.45) is 0 Å². The van der Waals surface area contributed by atoms with Gasteiger partial charge in [-0.1, -0.05) is 48.0 Å². The summed E-state index contributed by atoms with van der Waals surface area (Å²) >= 11 is 5.99. The van der Waals surface area contributed by atoms with Crippen LogP contribution < -0.4 is 10.1 Å². The van der Waals surface area contributed by atoms with Crippen LogP contribution in [0.4, 0.5) is 0 Å². The van der Waals surface area contributed by atoms with Crippen molar-refractivity contribution in [3.63, 3.8) is 0 Å². The fraction of sp³-hybridized carbons (Fsp3) is 0.286. The van der Waals surface area contributed by atoms with Gasteiger partial charge in [0.25, 0.3) is 5.91 Å². The number of carbonyl (C=O) groups excluding carboxylic acids is 3. The number of amides is 1. The summed E-state index contributed by atoms with van der Waals surface area (Å²) < 4.78 is 10.2. The molecule has 2 rings (SSSR count). The summed E-state index contributed by atoms with van der Waals surface area (Å²) in [6.45, 7) is 2.39. The van der Waals surface area contributed by atoms with Crippen LogP contribution in [0.1, 0.15) is 18.1 Å². The van der Waals surface area contributed by atoms with Gasteiger partial charge < -0.3 is 14.8 Å². The molecule has 2 aromatic rings. The van der Waals surface area contributed by atoms with Gasteiger partial charge in [-0.25, -0.2) is 4.79 Å². The van der Waals surface area contributed by atoms with E-state index in [0.29, 0.717) is 17.2 Å². The highest BCUT2D eigenvalue weighted by molar-refractivity contribution is 6.32. The van der Waals surface area contributed by atoms with Crippen LogP contribution in [0.15, 0.2) is 48.5 Å². The average Bonchev–Trinajstić information content (AvgIpc) is 2.67. The molecule has 0 aliphatic carbocycles. The zero-order valence-electron chi connectivity index (χ0n) is 15.7. The smallest absolute Gasteiger partial charge is 0.344 e. The zero-order valence-corrected chi connectivity index (χ0v) is 16.5. The largest absolute Gasteiger partial charge is 0.480 e. The quantitative estimate of drug-likeness (QED) is 0.651. The number of nitrogens with one attached hydrogen (secondary N) is 1. The van der Waals surface area contributed by atoms with Gasteiger partial charge in [0.05, 0.1) is 11.1 Å². The summed E-state index contributed by atoms with van der Waals surface area (Å²) in [6, 6.07) is 13.8. The van der Waals surface area contributed by atoms with E-state index in [0.717, 1.165) is 11.1 Å². The molecule has 148 valence electrons. The molecule has 0 heterocycles. The Labute approximate surface area is 168 Å². The van der Waals surface area contributed by atoms with Gasteiger partial charge >= 0.3 is 5.97 Å². The molecule has 6 nitrogen and oxygen atoms in total.